The van der Waals surface area contributed by atoms with Crippen molar-refractivity contribution in [3.05, 3.63) is 106 Å². The second-order valence-corrected chi connectivity index (χ2v) is 9.66. The first kappa shape index (κ1) is 22.3. The molecule has 0 saturated carbocycles. The lowest BCUT2D eigenvalue weighted by Crippen LogP contribution is -2.46. The Morgan fingerprint density at radius 3 is 2.53 bits per heavy atom. The van der Waals surface area contributed by atoms with Crippen molar-refractivity contribution in [3.63, 3.8) is 0 Å². The molecule has 1 aliphatic heterocycles. The highest BCUT2D eigenvalue weighted by Gasteiger charge is 2.37. The van der Waals surface area contributed by atoms with Crippen LogP contribution in [0.3, 0.4) is 0 Å². The van der Waals surface area contributed by atoms with Crippen molar-refractivity contribution in [2.45, 2.75) is 46.1 Å². The molecule has 36 heavy (non-hydrogen) atoms. The maximum atomic E-state index is 13.6. The predicted molar refractivity (Wildman–Crippen MR) is 140 cm³/mol. The van der Waals surface area contributed by atoms with Gasteiger partial charge in [-0.2, -0.15) is 4.98 Å². The Balaban J connectivity index is 1.50. The van der Waals surface area contributed by atoms with Crippen LogP contribution in [0.4, 0.5) is 10.5 Å². The van der Waals surface area contributed by atoms with Crippen LogP contribution in [0.15, 0.2) is 77.0 Å². The highest BCUT2D eigenvalue weighted by molar-refractivity contribution is 6.01. The largest absolute Gasteiger partial charge is 0.334 e. The number of hydrogen-bond donors (Lipinski definition) is 1. The first-order valence-corrected chi connectivity index (χ1v) is 12.4. The number of nitrogens with zero attached hydrogens (tertiary/aromatic N) is 3. The lowest BCUT2D eigenvalue weighted by atomic mass is 9.92. The van der Waals surface area contributed by atoms with E-state index in [4.69, 9.17) is 9.51 Å². The highest BCUT2D eigenvalue weighted by Crippen LogP contribution is 2.40. The predicted octanol–water partition coefficient (Wildman–Crippen LogP) is 6.54. The minimum Gasteiger partial charge on any atom is -0.334 e. The zero-order chi connectivity index (χ0) is 24.8. The smallest absolute Gasteiger partial charge is 0.326 e. The zero-order valence-electron chi connectivity index (χ0n) is 20.7. The molecule has 2 amide bonds. The average molecular weight is 477 g/mol. The summed E-state index contributed by atoms with van der Waals surface area (Å²) in [6.07, 6.45) is 3.30. The standard InChI is InChI=1S/C30H28N4O2/c1-18-12-13-24(16-19(18)2)27-26(29-32-28(33-36-29)22-8-5-4-6-9-22)20(3)34(30(35)31-27)25-15-14-21-10-7-11-23(21)17-25/h4-6,8-9,12-17,27H,7,10-11H2,1-3H3,(H,31,35). The molecule has 0 radical (unpaired) electrons. The van der Waals surface area contributed by atoms with Crippen LogP contribution in [0, 0.1) is 13.8 Å². The molecule has 2 heterocycles. The molecule has 1 N–H and O–H groups in total. The number of aromatic nitrogens is 2. The third-order valence-corrected chi connectivity index (χ3v) is 7.38. The fourth-order valence-electron chi connectivity index (χ4n) is 5.26. The Morgan fingerprint density at radius 1 is 0.917 bits per heavy atom. The van der Waals surface area contributed by atoms with Crippen LogP contribution in [0.2, 0.25) is 0 Å². The Labute approximate surface area is 210 Å². The summed E-state index contributed by atoms with van der Waals surface area (Å²) in [5.41, 5.74) is 9.34. The maximum absolute atomic E-state index is 13.6. The molecule has 3 aromatic carbocycles. The van der Waals surface area contributed by atoms with Gasteiger partial charge in [-0.15, -0.1) is 0 Å². The number of carbonyl (C=O) groups is 1. The quantitative estimate of drug-likeness (QED) is 0.363. The molecular weight excluding hydrogens is 448 g/mol. The van der Waals surface area contributed by atoms with Crippen molar-refractivity contribution in [3.8, 4) is 11.4 Å². The molecule has 1 atom stereocenters. The van der Waals surface area contributed by atoms with Crippen molar-refractivity contribution in [2.24, 2.45) is 0 Å². The number of anilines is 1. The first-order chi connectivity index (χ1) is 17.5. The number of aryl methyl sites for hydroxylation is 4. The van der Waals surface area contributed by atoms with E-state index in [0.717, 1.165) is 52.9 Å². The van der Waals surface area contributed by atoms with Crippen molar-refractivity contribution in [1.82, 2.24) is 15.5 Å². The third kappa shape index (κ3) is 3.79. The number of carbonyl (C=O) groups excluding carboxylic acids is 1. The molecule has 1 aliphatic carbocycles. The van der Waals surface area contributed by atoms with E-state index in [9.17, 15) is 4.79 Å². The van der Waals surface area contributed by atoms with Crippen molar-refractivity contribution < 1.29 is 9.32 Å². The van der Waals surface area contributed by atoms with Crippen molar-refractivity contribution in [2.75, 3.05) is 4.90 Å². The lowest BCUT2D eigenvalue weighted by Gasteiger charge is -2.35. The number of allylic oxidation sites excluding steroid dienone is 1. The van der Waals surface area contributed by atoms with Crippen LogP contribution in [-0.2, 0) is 12.8 Å². The maximum Gasteiger partial charge on any atom is 0.326 e. The number of nitrogens with one attached hydrogen (secondary N) is 1. The summed E-state index contributed by atoms with van der Waals surface area (Å²) in [6.45, 7) is 6.12. The van der Waals surface area contributed by atoms with E-state index in [1.165, 1.54) is 16.7 Å². The third-order valence-electron chi connectivity index (χ3n) is 7.38. The molecule has 1 aromatic heterocycles. The normalized spacial score (nSPS) is 17.4. The number of hydrogen-bond acceptors (Lipinski definition) is 4. The Kier molecular flexibility index (Phi) is 5.44. The van der Waals surface area contributed by atoms with Gasteiger partial charge in [0.1, 0.15) is 0 Å². The Bertz CT molecular complexity index is 1500. The van der Waals surface area contributed by atoms with Gasteiger partial charge in [-0.3, -0.25) is 4.90 Å². The summed E-state index contributed by atoms with van der Waals surface area (Å²) >= 11 is 0. The number of urea groups is 1. The molecule has 180 valence electrons. The fraction of sp³-hybridized carbons (Fsp3) is 0.233. The molecular formula is C30H28N4O2. The summed E-state index contributed by atoms with van der Waals surface area (Å²) in [6, 6.07) is 21.8. The second-order valence-electron chi connectivity index (χ2n) is 9.66. The van der Waals surface area contributed by atoms with Crippen molar-refractivity contribution >= 4 is 17.3 Å². The van der Waals surface area contributed by atoms with E-state index in [-0.39, 0.29) is 6.03 Å². The van der Waals surface area contributed by atoms with Gasteiger partial charge in [0, 0.05) is 11.3 Å². The van der Waals surface area contributed by atoms with Gasteiger partial charge < -0.3 is 9.84 Å². The lowest BCUT2D eigenvalue weighted by molar-refractivity contribution is 0.244. The zero-order valence-corrected chi connectivity index (χ0v) is 20.7. The summed E-state index contributed by atoms with van der Waals surface area (Å²) < 4.78 is 5.83. The highest BCUT2D eigenvalue weighted by atomic mass is 16.5. The van der Waals surface area contributed by atoms with Gasteiger partial charge in [-0.25, -0.2) is 4.79 Å². The van der Waals surface area contributed by atoms with Gasteiger partial charge in [0.05, 0.1) is 17.3 Å². The van der Waals surface area contributed by atoms with E-state index in [0.29, 0.717) is 11.7 Å². The molecule has 0 bridgehead atoms. The SMILES string of the molecule is CC1=C(c2nc(-c3ccccc3)no2)C(c2ccc(C)c(C)c2)NC(=O)N1c1ccc2c(c1)CCC2. The van der Waals surface area contributed by atoms with E-state index in [1.54, 1.807) is 4.90 Å². The minimum absolute atomic E-state index is 0.166. The summed E-state index contributed by atoms with van der Waals surface area (Å²) in [5, 5.41) is 7.49. The minimum atomic E-state index is -0.411. The van der Waals surface area contributed by atoms with E-state index in [2.05, 4.69) is 54.7 Å². The monoisotopic (exact) mass is 476 g/mol. The van der Waals surface area contributed by atoms with Gasteiger partial charge in [0.25, 0.3) is 5.89 Å². The molecule has 6 heteroatoms. The summed E-state index contributed by atoms with van der Waals surface area (Å²) in [4.78, 5) is 20.1. The van der Waals surface area contributed by atoms with Gasteiger partial charge in [-0.05, 0) is 80.0 Å². The second kappa shape index (κ2) is 8.79. The Hall–Kier alpha value is -4.19. The van der Waals surface area contributed by atoms with Crippen LogP contribution >= 0.6 is 0 Å². The first-order valence-electron chi connectivity index (χ1n) is 12.4. The van der Waals surface area contributed by atoms with Crippen LogP contribution in [0.25, 0.3) is 17.0 Å². The summed E-state index contributed by atoms with van der Waals surface area (Å²) in [7, 11) is 0. The number of rotatable bonds is 4. The summed E-state index contributed by atoms with van der Waals surface area (Å²) in [5.74, 6) is 0.923. The van der Waals surface area contributed by atoms with Crippen molar-refractivity contribution in [1.29, 1.82) is 0 Å². The molecule has 0 saturated heterocycles. The van der Waals surface area contributed by atoms with Gasteiger partial charge in [-0.1, -0.05) is 59.8 Å². The molecule has 0 fully saturated rings. The van der Waals surface area contributed by atoms with E-state index >= 15 is 0 Å². The molecule has 2 aliphatic rings. The average Bonchev–Trinajstić information content (AvgIpc) is 3.56. The van der Waals surface area contributed by atoms with Gasteiger partial charge in [0.15, 0.2) is 0 Å². The number of amides is 2. The van der Waals surface area contributed by atoms with Crippen LogP contribution in [0.1, 0.15) is 53.1 Å². The van der Waals surface area contributed by atoms with E-state index in [1.807, 2.05) is 43.3 Å². The molecule has 4 aromatic rings. The molecule has 6 rings (SSSR count). The molecule has 0 spiro atoms. The van der Waals surface area contributed by atoms with Gasteiger partial charge >= 0.3 is 6.03 Å². The number of fused-ring (bicyclic) bond motifs is 1. The number of benzene rings is 3. The van der Waals surface area contributed by atoms with Gasteiger partial charge in [0.2, 0.25) is 5.82 Å². The van der Waals surface area contributed by atoms with E-state index < -0.39 is 6.04 Å². The molecule has 1 unspecified atom stereocenters. The van der Waals surface area contributed by atoms with Crippen LogP contribution < -0.4 is 10.2 Å². The topological polar surface area (TPSA) is 71.3 Å². The molecule has 6 nitrogen and oxygen atoms in total. The van der Waals surface area contributed by atoms with Crippen LogP contribution in [0.5, 0.6) is 0 Å². The Morgan fingerprint density at radius 2 is 1.72 bits per heavy atom. The van der Waals surface area contributed by atoms with Crippen LogP contribution in [-0.4, -0.2) is 16.2 Å². The fourth-order valence-corrected chi connectivity index (χ4v) is 5.26.